The third-order valence-electron chi connectivity index (χ3n) is 3.98. The zero-order chi connectivity index (χ0) is 14.0. The standard InChI is InChI=1S/C15H18F2O2/c1-15(6-4-3-5-7-15)14(18)13-11(16)8-10(19-2)9-12(13)17/h8-9H,3-7H2,1-2H3. The minimum atomic E-state index is -0.839. The SMILES string of the molecule is COc1cc(F)c(C(=O)C2(C)CCCCC2)c(F)c1. The van der Waals surface area contributed by atoms with Gasteiger partial charge >= 0.3 is 0 Å². The molecule has 1 aromatic rings. The average molecular weight is 268 g/mol. The number of hydrogen-bond acceptors (Lipinski definition) is 2. The fraction of sp³-hybridized carbons (Fsp3) is 0.533. The summed E-state index contributed by atoms with van der Waals surface area (Å²) in [6.07, 6.45) is 4.33. The quantitative estimate of drug-likeness (QED) is 0.770. The predicted octanol–water partition coefficient (Wildman–Crippen LogP) is 4.13. The number of benzene rings is 1. The molecule has 4 heteroatoms. The van der Waals surface area contributed by atoms with Gasteiger partial charge in [-0.25, -0.2) is 8.78 Å². The van der Waals surface area contributed by atoms with Gasteiger partial charge in [0.05, 0.1) is 12.7 Å². The number of methoxy groups -OCH3 is 1. The van der Waals surface area contributed by atoms with Gasteiger partial charge in [-0.15, -0.1) is 0 Å². The molecule has 0 spiro atoms. The molecular formula is C15H18F2O2. The fourth-order valence-corrected chi connectivity index (χ4v) is 2.75. The Kier molecular flexibility index (Phi) is 3.88. The second-order valence-electron chi connectivity index (χ2n) is 5.42. The van der Waals surface area contributed by atoms with Crippen LogP contribution in [0.3, 0.4) is 0 Å². The van der Waals surface area contributed by atoms with Gasteiger partial charge in [0.2, 0.25) is 0 Å². The molecule has 0 N–H and O–H groups in total. The smallest absolute Gasteiger partial charge is 0.174 e. The van der Waals surface area contributed by atoms with Crippen LogP contribution in [0.1, 0.15) is 49.4 Å². The van der Waals surface area contributed by atoms with Crippen LogP contribution in [-0.2, 0) is 0 Å². The van der Waals surface area contributed by atoms with E-state index in [0.29, 0.717) is 12.8 Å². The van der Waals surface area contributed by atoms with E-state index in [2.05, 4.69) is 0 Å². The minimum Gasteiger partial charge on any atom is -0.497 e. The number of rotatable bonds is 3. The molecule has 0 saturated heterocycles. The molecule has 104 valence electrons. The molecule has 1 aromatic carbocycles. The summed E-state index contributed by atoms with van der Waals surface area (Å²) >= 11 is 0. The molecule has 1 aliphatic carbocycles. The van der Waals surface area contributed by atoms with Crippen LogP contribution < -0.4 is 4.74 Å². The summed E-state index contributed by atoms with van der Waals surface area (Å²) in [6.45, 7) is 1.80. The van der Waals surface area contributed by atoms with E-state index < -0.39 is 28.4 Å². The maximum atomic E-state index is 13.9. The van der Waals surface area contributed by atoms with Crippen LogP contribution >= 0.6 is 0 Å². The molecule has 0 radical (unpaired) electrons. The average Bonchev–Trinajstić information content (AvgIpc) is 2.38. The van der Waals surface area contributed by atoms with Gasteiger partial charge in [-0.2, -0.15) is 0 Å². The minimum absolute atomic E-state index is 0.0837. The second-order valence-corrected chi connectivity index (χ2v) is 5.42. The Labute approximate surface area is 111 Å². The number of ether oxygens (including phenoxy) is 1. The van der Waals surface area contributed by atoms with Crippen LogP contribution in [0.15, 0.2) is 12.1 Å². The van der Waals surface area contributed by atoms with Crippen molar-refractivity contribution in [2.45, 2.75) is 39.0 Å². The Hall–Kier alpha value is -1.45. The van der Waals surface area contributed by atoms with Crippen LogP contribution in [0.5, 0.6) is 5.75 Å². The van der Waals surface area contributed by atoms with Crippen LogP contribution in [0, 0.1) is 17.0 Å². The highest BCUT2D eigenvalue weighted by Gasteiger charge is 2.37. The maximum Gasteiger partial charge on any atom is 0.174 e. The molecule has 19 heavy (non-hydrogen) atoms. The van der Waals surface area contributed by atoms with Crippen LogP contribution in [0.2, 0.25) is 0 Å². The molecule has 0 aliphatic heterocycles. The van der Waals surface area contributed by atoms with Crippen molar-refractivity contribution in [1.29, 1.82) is 0 Å². The van der Waals surface area contributed by atoms with E-state index in [9.17, 15) is 13.6 Å². The number of hydrogen-bond donors (Lipinski definition) is 0. The lowest BCUT2D eigenvalue weighted by Gasteiger charge is -2.32. The van der Waals surface area contributed by atoms with Crippen LogP contribution in [-0.4, -0.2) is 12.9 Å². The van der Waals surface area contributed by atoms with Gasteiger partial charge < -0.3 is 4.74 Å². The van der Waals surface area contributed by atoms with Crippen molar-refractivity contribution < 1.29 is 18.3 Å². The van der Waals surface area contributed by atoms with Crippen LogP contribution in [0.25, 0.3) is 0 Å². The summed E-state index contributed by atoms with van der Waals surface area (Å²) in [4.78, 5) is 12.4. The maximum absolute atomic E-state index is 13.9. The molecule has 0 atom stereocenters. The molecule has 0 aromatic heterocycles. The van der Waals surface area contributed by atoms with Gasteiger partial charge in [-0.3, -0.25) is 4.79 Å². The molecule has 0 bridgehead atoms. The number of halogens is 2. The lowest BCUT2D eigenvalue weighted by atomic mass is 9.71. The lowest BCUT2D eigenvalue weighted by molar-refractivity contribution is 0.0740. The zero-order valence-electron chi connectivity index (χ0n) is 11.3. The highest BCUT2D eigenvalue weighted by Crippen LogP contribution is 2.39. The number of ketones is 1. The first-order valence-corrected chi connectivity index (χ1v) is 6.56. The highest BCUT2D eigenvalue weighted by molar-refractivity contribution is 6.00. The molecule has 1 saturated carbocycles. The Morgan fingerprint density at radius 1 is 1.16 bits per heavy atom. The molecule has 1 fully saturated rings. The van der Waals surface area contributed by atoms with Crippen molar-refractivity contribution in [3.8, 4) is 5.75 Å². The van der Waals surface area contributed by atoms with Gasteiger partial charge in [0.25, 0.3) is 0 Å². The molecule has 2 nitrogen and oxygen atoms in total. The predicted molar refractivity (Wildman–Crippen MR) is 68.4 cm³/mol. The van der Waals surface area contributed by atoms with E-state index in [-0.39, 0.29) is 5.75 Å². The first kappa shape index (κ1) is 14.0. The van der Waals surface area contributed by atoms with Crippen molar-refractivity contribution >= 4 is 5.78 Å². The van der Waals surface area contributed by atoms with Crippen molar-refractivity contribution in [2.75, 3.05) is 7.11 Å². The summed E-state index contributed by atoms with van der Waals surface area (Å²) in [5.41, 5.74) is -1.07. The van der Waals surface area contributed by atoms with E-state index in [1.807, 2.05) is 0 Å². The Morgan fingerprint density at radius 2 is 1.68 bits per heavy atom. The van der Waals surface area contributed by atoms with Crippen molar-refractivity contribution in [1.82, 2.24) is 0 Å². The third-order valence-corrected chi connectivity index (χ3v) is 3.98. The van der Waals surface area contributed by atoms with Gasteiger partial charge in [-0.05, 0) is 12.8 Å². The first-order chi connectivity index (χ1) is 8.98. The van der Waals surface area contributed by atoms with Crippen LogP contribution in [0.4, 0.5) is 8.78 Å². The van der Waals surface area contributed by atoms with Crippen molar-refractivity contribution in [2.24, 2.45) is 5.41 Å². The lowest BCUT2D eigenvalue weighted by Crippen LogP contribution is -2.31. The fourth-order valence-electron chi connectivity index (χ4n) is 2.75. The monoisotopic (exact) mass is 268 g/mol. The van der Waals surface area contributed by atoms with E-state index >= 15 is 0 Å². The van der Waals surface area contributed by atoms with Gasteiger partial charge in [0, 0.05) is 17.5 Å². The van der Waals surface area contributed by atoms with E-state index in [1.54, 1.807) is 6.92 Å². The van der Waals surface area contributed by atoms with E-state index in [0.717, 1.165) is 31.4 Å². The van der Waals surface area contributed by atoms with E-state index in [1.165, 1.54) is 7.11 Å². The van der Waals surface area contributed by atoms with Gasteiger partial charge in [0.15, 0.2) is 5.78 Å². The number of Topliss-reactive ketones (excluding diaryl/α,β-unsaturated/α-hetero) is 1. The zero-order valence-corrected chi connectivity index (χ0v) is 11.3. The summed E-state index contributed by atoms with van der Waals surface area (Å²) < 4.78 is 32.7. The molecule has 0 amide bonds. The number of carbonyl (C=O) groups is 1. The van der Waals surface area contributed by atoms with Crippen molar-refractivity contribution in [3.05, 3.63) is 29.3 Å². The first-order valence-electron chi connectivity index (χ1n) is 6.56. The van der Waals surface area contributed by atoms with Gasteiger partial charge in [0.1, 0.15) is 17.4 Å². The molecular weight excluding hydrogens is 250 g/mol. The molecule has 1 aliphatic rings. The molecule has 0 unspecified atom stereocenters. The number of carbonyl (C=O) groups excluding carboxylic acids is 1. The molecule has 2 rings (SSSR count). The highest BCUT2D eigenvalue weighted by atomic mass is 19.1. The largest absolute Gasteiger partial charge is 0.497 e. The second kappa shape index (κ2) is 5.27. The summed E-state index contributed by atoms with van der Waals surface area (Å²) in [6, 6.07) is 2.12. The Morgan fingerprint density at radius 3 is 2.16 bits per heavy atom. The summed E-state index contributed by atoms with van der Waals surface area (Å²) in [7, 11) is 1.33. The van der Waals surface area contributed by atoms with E-state index in [4.69, 9.17) is 4.74 Å². The normalized spacial score (nSPS) is 18.1. The Bertz CT molecular complexity index is 468. The third kappa shape index (κ3) is 2.62. The molecule has 0 heterocycles. The van der Waals surface area contributed by atoms with Crippen molar-refractivity contribution in [3.63, 3.8) is 0 Å². The summed E-state index contributed by atoms with van der Waals surface area (Å²) in [5, 5.41) is 0. The Balaban J connectivity index is 2.38. The van der Waals surface area contributed by atoms with Gasteiger partial charge in [-0.1, -0.05) is 26.2 Å². The topological polar surface area (TPSA) is 26.3 Å². The summed E-state index contributed by atoms with van der Waals surface area (Å²) in [5.74, 6) is -2.02.